The van der Waals surface area contributed by atoms with E-state index in [-0.39, 0.29) is 22.9 Å². The summed E-state index contributed by atoms with van der Waals surface area (Å²) in [5.41, 5.74) is 1.23. The van der Waals surface area contributed by atoms with E-state index in [1.54, 1.807) is 42.5 Å². The average Bonchev–Trinajstić information content (AvgIpc) is 2.60. The van der Waals surface area contributed by atoms with Gasteiger partial charge in [-0.3, -0.25) is 0 Å². The average molecular weight is 384 g/mol. The first-order valence-electron chi connectivity index (χ1n) is 7.39. The third-order valence-electron chi connectivity index (χ3n) is 3.48. The topological polar surface area (TPSA) is 102 Å². The lowest BCUT2D eigenvalue weighted by Crippen LogP contribution is -2.24. The maximum Gasteiger partial charge on any atom is 0.244 e. The smallest absolute Gasteiger partial charge is 0.244 e. The Morgan fingerprint density at radius 1 is 0.960 bits per heavy atom. The van der Waals surface area contributed by atoms with Crippen LogP contribution in [0.1, 0.15) is 11.1 Å². The van der Waals surface area contributed by atoms with Crippen LogP contribution in [-0.4, -0.2) is 31.0 Å². The minimum Gasteiger partial charge on any atom is -0.495 e. The third kappa shape index (κ3) is 5.27. The van der Waals surface area contributed by atoms with Crippen molar-refractivity contribution in [2.24, 2.45) is 0 Å². The van der Waals surface area contributed by atoms with Crippen molar-refractivity contribution in [3.05, 3.63) is 59.7 Å². The molecule has 0 aliphatic rings. The van der Waals surface area contributed by atoms with Crippen LogP contribution in [0.2, 0.25) is 0 Å². The molecule has 0 aliphatic heterocycles. The zero-order chi connectivity index (χ0) is 18.5. The van der Waals surface area contributed by atoms with E-state index in [0.29, 0.717) is 11.1 Å². The highest BCUT2D eigenvalue weighted by molar-refractivity contribution is 7.89. The van der Waals surface area contributed by atoms with Crippen LogP contribution in [0.3, 0.4) is 0 Å². The fourth-order valence-electron chi connectivity index (χ4n) is 2.22. The van der Waals surface area contributed by atoms with Gasteiger partial charge < -0.3 is 4.74 Å². The first-order chi connectivity index (χ1) is 11.8. The van der Waals surface area contributed by atoms with Crippen molar-refractivity contribution < 1.29 is 21.6 Å². The number of para-hydroxylation sites is 1. The van der Waals surface area contributed by atoms with Crippen molar-refractivity contribution in [1.82, 2.24) is 9.44 Å². The van der Waals surface area contributed by atoms with Crippen LogP contribution in [0.15, 0.2) is 53.4 Å². The molecule has 0 aromatic heterocycles. The van der Waals surface area contributed by atoms with Gasteiger partial charge in [0.2, 0.25) is 20.0 Å². The molecule has 0 saturated carbocycles. The predicted molar refractivity (Wildman–Crippen MR) is 95.1 cm³/mol. The molecule has 0 amide bonds. The SMILES string of the molecule is CNS(=O)(=O)Cc1cccc(CNS(=O)(=O)c2ccccc2OC)c1. The summed E-state index contributed by atoms with van der Waals surface area (Å²) in [7, 11) is -4.40. The van der Waals surface area contributed by atoms with Crippen LogP contribution in [-0.2, 0) is 32.3 Å². The molecule has 0 aliphatic carbocycles. The second-order valence-electron chi connectivity index (χ2n) is 5.26. The summed E-state index contributed by atoms with van der Waals surface area (Å²) in [6.07, 6.45) is 0. The fraction of sp³-hybridized carbons (Fsp3) is 0.250. The molecule has 2 aromatic carbocycles. The molecule has 0 atom stereocenters. The van der Waals surface area contributed by atoms with Gasteiger partial charge in [-0.25, -0.2) is 26.3 Å². The molecule has 7 nitrogen and oxygen atoms in total. The van der Waals surface area contributed by atoms with E-state index in [0.717, 1.165) is 0 Å². The van der Waals surface area contributed by atoms with E-state index >= 15 is 0 Å². The van der Waals surface area contributed by atoms with Crippen molar-refractivity contribution >= 4 is 20.0 Å². The molecule has 25 heavy (non-hydrogen) atoms. The Morgan fingerprint density at radius 3 is 2.32 bits per heavy atom. The Kier molecular flexibility index (Phi) is 6.17. The predicted octanol–water partition coefficient (Wildman–Crippen LogP) is 1.22. The van der Waals surface area contributed by atoms with E-state index in [2.05, 4.69) is 9.44 Å². The van der Waals surface area contributed by atoms with Crippen LogP contribution in [0.5, 0.6) is 5.75 Å². The van der Waals surface area contributed by atoms with Gasteiger partial charge in [0, 0.05) is 6.54 Å². The van der Waals surface area contributed by atoms with Gasteiger partial charge in [-0.05, 0) is 30.3 Å². The van der Waals surface area contributed by atoms with Crippen LogP contribution < -0.4 is 14.2 Å². The van der Waals surface area contributed by atoms with Gasteiger partial charge in [0.25, 0.3) is 0 Å². The van der Waals surface area contributed by atoms with E-state index in [1.807, 2.05) is 0 Å². The van der Waals surface area contributed by atoms with Crippen LogP contribution in [0.25, 0.3) is 0 Å². The maximum absolute atomic E-state index is 12.4. The van der Waals surface area contributed by atoms with E-state index in [1.165, 1.54) is 20.2 Å². The highest BCUT2D eigenvalue weighted by atomic mass is 32.2. The van der Waals surface area contributed by atoms with Crippen LogP contribution in [0, 0.1) is 0 Å². The normalized spacial score (nSPS) is 12.1. The minimum absolute atomic E-state index is 0.0355. The van der Waals surface area contributed by atoms with Gasteiger partial charge in [0.1, 0.15) is 10.6 Å². The van der Waals surface area contributed by atoms with Crippen molar-refractivity contribution in [3.8, 4) is 5.75 Å². The van der Waals surface area contributed by atoms with Crippen molar-refractivity contribution in [2.75, 3.05) is 14.2 Å². The molecule has 2 aromatic rings. The largest absolute Gasteiger partial charge is 0.495 e. The molecule has 0 bridgehead atoms. The van der Waals surface area contributed by atoms with Gasteiger partial charge in [-0.2, -0.15) is 0 Å². The van der Waals surface area contributed by atoms with Crippen LogP contribution in [0.4, 0.5) is 0 Å². The van der Waals surface area contributed by atoms with Gasteiger partial charge >= 0.3 is 0 Å². The van der Waals surface area contributed by atoms with Gasteiger partial charge in [-0.1, -0.05) is 36.4 Å². The summed E-state index contributed by atoms with van der Waals surface area (Å²) in [4.78, 5) is 0.0476. The summed E-state index contributed by atoms with van der Waals surface area (Å²) < 4.78 is 58.0. The molecule has 0 saturated heterocycles. The second-order valence-corrected chi connectivity index (χ2v) is 8.92. The Morgan fingerprint density at radius 2 is 1.64 bits per heavy atom. The number of benzene rings is 2. The van der Waals surface area contributed by atoms with Crippen molar-refractivity contribution in [2.45, 2.75) is 17.2 Å². The summed E-state index contributed by atoms with van der Waals surface area (Å²) in [6, 6.07) is 13.1. The highest BCUT2D eigenvalue weighted by Crippen LogP contribution is 2.22. The Labute approximate surface area is 148 Å². The summed E-state index contributed by atoms with van der Waals surface area (Å²) in [5.74, 6) is 0.0835. The summed E-state index contributed by atoms with van der Waals surface area (Å²) in [6.45, 7) is 0.0355. The van der Waals surface area contributed by atoms with E-state index < -0.39 is 20.0 Å². The highest BCUT2D eigenvalue weighted by Gasteiger charge is 2.18. The maximum atomic E-state index is 12.4. The second kappa shape index (κ2) is 7.96. The van der Waals surface area contributed by atoms with E-state index in [4.69, 9.17) is 4.74 Å². The lowest BCUT2D eigenvalue weighted by atomic mass is 10.1. The number of sulfonamides is 2. The first-order valence-corrected chi connectivity index (χ1v) is 10.5. The van der Waals surface area contributed by atoms with Crippen molar-refractivity contribution in [3.63, 3.8) is 0 Å². The summed E-state index contributed by atoms with van der Waals surface area (Å²) in [5, 5.41) is 0. The number of hydrogen-bond acceptors (Lipinski definition) is 5. The zero-order valence-corrected chi connectivity index (χ0v) is 15.5. The standard InChI is InChI=1S/C16H20N2O5S2/c1-17-24(19,20)12-14-7-5-6-13(10-14)11-18-25(21,22)16-9-4-3-8-15(16)23-2/h3-10,17-18H,11-12H2,1-2H3. The van der Waals surface area contributed by atoms with Gasteiger partial charge in [0.15, 0.2) is 0 Å². The number of hydrogen-bond donors (Lipinski definition) is 2. The lowest BCUT2D eigenvalue weighted by molar-refractivity contribution is 0.402. The number of rotatable bonds is 8. The monoisotopic (exact) mass is 384 g/mol. The number of nitrogens with one attached hydrogen (secondary N) is 2. The first kappa shape index (κ1) is 19.4. The minimum atomic E-state index is -3.76. The molecule has 136 valence electrons. The number of methoxy groups -OCH3 is 1. The van der Waals surface area contributed by atoms with Gasteiger partial charge in [-0.15, -0.1) is 0 Å². The molecule has 2 N–H and O–H groups in total. The van der Waals surface area contributed by atoms with Gasteiger partial charge in [0.05, 0.1) is 12.9 Å². The quantitative estimate of drug-likeness (QED) is 0.713. The van der Waals surface area contributed by atoms with Crippen LogP contribution >= 0.6 is 0 Å². The zero-order valence-electron chi connectivity index (χ0n) is 13.9. The third-order valence-corrected chi connectivity index (χ3v) is 6.26. The lowest BCUT2D eigenvalue weighted by Gasteiger charge is -2.11. The fourth-order valence-corrected chi connectivity index (χ4v) is 4.17. The number of ether oxygens (including phenoxy) is 1. The molecule has 0 radical (unpaired) electrons. The van der Waals surface area contributed by atoms with Crippen molar-refractivity contribution in [1.29, 1.82) is 0 Å². The molecule has 0 unspecified atom stereocenters. The Hall–Kier alpha value is -1.94. The molecule has 2 rings (SSSR count). The molecule has 0 fully saturated rings. The molecular formula is C16H20N2O5S2. The molecule has 9 heteroatoms. The Bertz CT molecular complexity index is 941. The van der Waals surface area contributed by atoms with E-state index in [9.17, 15) is 16.8 Å². The molecule has 0 spiro atoms. The molecule has 0 heterocycles. The Balaban J connectivity index is 2.16. The summed E-state index contributed by atoms with van der Waals surface area (Å²) >= 11 is 0. The molecular weight excluding hydrogens is 364 g/mol.